The van der Waals surface area contributed by atoms with Crippen LogP contribution in [0.15, 0.2) is 24.3 Å². The molecule has 0 spiro atoms. The van der Waals surface area contributed by atoms with E-state index in [2.05, 4.69) is 24.5 Å². The molecule has 14 heavy (non-hydrogen) atoms. The molecule has 0 aliphatic heterocycles. The first kappa shape index (κ1) is 11.0. The van der Waals surface area contributed by atoms with Gasteiger partial charge in [0.1, 0.15) is 5.82 Å². The van der Waals surface area contributed by atoms with Gasteiger partial charge in [-0.15, -0.1) is 0 Å². The number of hydrogen-bond acceptors (Lipinski definition) is 2. The van der Waals surface area contributed by atoms with E-state index in [1.54, 1.807) is 6.07 Å². The lowest BCUT2D eigenvalue weighted by molar-refractivity contribution is 0.448. The van der Waals surface area contributed by atoms with Crippen molar-refractivity contribution in [2.24, 2.45) is 0 Å². The molecule has 0 fully saturated rings. The molecule has 0 saturated carbocycles. The number of benzene rings is 1. The summed E-state index contributed by atoms with van der Waals surface area (Å²) < 4.78 is 12.8. The van der Waals surface area contributed by atoms with E-state index in [0.29, 0.717) is 0 Å². The van der Waals surface area contributed by atoms with Crippen LogP contribution in [-0.2, 0) is 0 Å². The van der Waals surface area contributed by atoms with E-state index < -0.39 is 0 Å². The number of likely N-dealkylation sites (N-methyl/N-ethyl adjacent to an activating group) is 1. The Balaban J connectivity index is 2.54. The standard InChI is InChI=1S/C11H17FN2/c1-11(2,13-3)8-14-10-6-4-5-9(12)7-10/h4-7,13-14H,8H2,1-3H3. The van der Waals surface area contributed by atoms with E-state index in [4.69, 9.17) is 0 Å². The first-order valence-corrected chi connectivity index (χ1v) is 4.72. The minimum Gasteiger partial charge on any atom is -0.383 e. The second-order valence-corrected chi connectivity index (χ2v) is 4.00. The molecule has 0 aliphatic carbocycles. The van der Waals surface area contributed by atoms with Crippen LogP contribution in [0.3, 0.4) is 0 Å². The smallest absolute Gasteiger partial charge is 0.125 e. The van der Waals surface area contributed by atoms with E-state index in [1.807, 2.05) is 13.1 Å². The van der Waals surface area contributed by atoms with Crippen LogP contribution in [-0.4, -0.2) is 19.1 Å². The molecular weight excluding hydrogens is 179 g/mol. The van der Waals surface area contributed by atoms with Gasteiger partial charge >= 0.3 is 0 Å². The highest BCUT2D eigenvalue weighted by Crippen LogP contribution is 2.10. The van der Waals surface area contributed by atoms with E-state index >= 15 is 0 Å². The molecule has 0 bridgehead atoms. The number of hydrogen-bond donors (Lipinski definition) is 2. The Labute approximate surface area is 84.5 Å². The van der Waals surface area contributed by atoms with E-state index in [-0.39, 0.29) is 11.4 Å². The summed E-state index contributed by atoms with van der Waals surface area (Å²) in [6.07, 6.45) is 0. The van der Waals surface area contributed by atoms with E-state index in [1.165, 1.54) is 12.1 Å². The average molecular weight is 196 g/mol. The van der Waals surface area contributed by atoms with E-state index in [9.17, 15) is 4.39 Å². The van der Waals surface area contributed by atoms with Crippen molar-refractivity contribution < 1.29 is 4.39 Å². The summed E-state index contributed by atoms with van der Waals surface area (Å²) in [5, 5.41) is 6.34. The van der Waals surface area contributed by atoms with Gasteiger partial charge in [0.2, 0.25) is 0 Å². The number of halogens is 1. The number of nitrogens with one attached hydrogen (secondary N) is 2. The van der Waals surface area contributed by atoms with Crippen molar-refractivity contribution in [2.45, 2.75) is 19.4 Å². The zero-order chi connectivity index (χ0) is 10.6. The van der Waals surface area contributed by atoms with Crippen LogP contribution in [0.1, 0.15) is 13.8 Å². The Bertz CT molecular complexity index is 297. The van der Waals surface area contributed by atoms with Gasteiger partial charge in [0.05, 0.1) is 0 Å². The lowest BCUT2D eigenvalue weighted by Gasteiger charge is -2.24. The fraction of sp³-hybridized carbons (Fsp3) is 0.455. The van der Waals surface area contributed by atoms with Crippen LogP contribution in [0.2, 0.25) is 0 Å². The summed E-state index contributed by atoms with van der Waals surface area (Å²) in [5.74, 6) is -0.211. The maximum atomic E-state index is 12.8. The van der Waals surface area contributed by atoms with E-state index in [0.717, 1.165) is 12.2 Å². The predicted molar refractivity (Wildman–Crippen MR) is 58.0 cm³/mol. The fourth-order valence-corrected chi connectivity index (χ4v) is 1.01. The molecule has 0 unspecified atom stereocenters. The van der Waals surface area contributed by atoms with Crippen molar-refractivity contribution in [1.29, 1.82) is 0 Å². The molecule has 3 heteroatoms. The molecule has 1 rings (SSSR count). The van der Waals surface area contributed by atoms with Crippen molar-refractivity contribution >= 4 is 5.69 Å². The molecule has 0 amide bonds. The molecule has 1 aromatic rings. The Morgan fingerprint density at radius 2 is 2.07 bits per heavy atom. The van der Waals surface area contributed by atoms with Crippen molar-refractivity contribution in [3.63, 3.8) is 0 Å². The van der Waals surface area contributed by atoms with Crippen LogP contribution >= 0.6 is 0 Å². The highest BCUT2D eigenvalue weighted by molar-refractivity contribution is 5.43. The third kappa shape index (κ3) is 3.34. The molecule has 0 aliphatic rings. The van der Waals surface area contributed by atoms with Gasteiger partial charge in [0.15, 0.2) is 0 Å². The summed E-state index contributed by atoms with van der Waals surface area (Å²) in [6, 6.07) is 6.49. The molecule has 2 nitrogen and oxygen atoms in total. The highest BCUT2D eigenvalue weighted by atomic mass is 19.1. The van der Waals surface area contributed by atoms with Crippen LogP contribution in [0.5, 0.6) is 0 Å². The zero-order valence-electron chi connectivity index (χ0n) is 8.89. The van der Waals surface area contributed by atoms with Crippen molar-refractivity contribution in [3.8, 4) is 0 Å². The second kappa shape index (κ2) is 4.42. The quantitative estimate of drug-likeness (QED) is 0.771. The average Bonchev–Trinajstić information content (AvgIpc) is 2.15. The molecule has 0 atom stereocenters. The molecule has 78 valence electrons. The van der Waals surface area contributed by atoms with Gasteiger partial charge in [-0.1, -0.05) is 6.07 Å². The zero-order valence-corrected chi connectivity index (χ0v) is 8.89. The summed E-state index contributed by atoms with van der Waals surface area (Å²) in [5.41, 5.74) is 0.820. The summed E-state index contributed by atoms with van der Waals surface area (Å²) >= 11 is 0. The fourth-order valence-electron chi connectivity index (χ4n) is 1.01. The van der Waals surface area contributed by atoms with Gasteiger partial charge in [-0.25, -0.2) is 4.39 Å². The molecule has 0 saturated heterocycles. The van der Waals surface area contributed by atoms with Gasteiger partial charge in [0.25, 0.3) is 0 Å². The maximum Gasteiger partial charge on any atom is 0.125 e. The van der Waals surface area contributed by atoms with Crippen molar-refractivity contribution in [2.75, 3.05) is 18.9 Å². The second-order valence-electron chi connectivity index (χ2n) is 4.00. The first-order valence-electron chi connectivity index (χ1n) is 4.72. The molecule has 2 N–H and O–H groups in total. The summed E-state index contributed by atoms with van der Waals surface area (Å²) in [6.45, 7) is 4.92. The molecular formula is C11H17FN2. The lowest BCUT2D eigenvalue weighted by Crippen LogP contribution is -2.42. The minimum atomic E-state index is -0.211. The Hall–Kier alpha value is -1.09. The summed E-state index contributed by atoms with van der Waals surface area (Å²) in [7, 11) is 1.91. The Morgan fingerprint density at radius 1 is 1.36 bits per heavy atom. The minimum absolute atomic E-state index is 0.00627. The lowest BCUT2D eigenvalue weighted by atomic mass is 10.1. The van der Waals surface area contributed by atoms with Crippen LogP contribution in [0.4, 0.5) is 10.1 Å². The molecule has 0 radical (unpaired) electrons. The molecule has 1 aromatic carbocycles. The van der Waals surface area contributed by atoms with Crippen molar-refractivity contribution in [1.82, 2.24) is 5.32 Å². The van der Waals surface area contributed by atoms with Gasteiger partial charge < -0.3 is 10.6 Å². The summed E-state index contributed by atoms with van der Waals surface area (Å²) in [4.78, 5) is 0. The van der Waals surface area contributed by atoms with Crippen LogP contribution < -0.4 is 10.6 Å². The third-order valence-corrected chi connectivity index (χ3v) is 2.24. The predicted octanol–water partition coefficient (Wildman–Crippen LogP) is 2.24. The third-order valence-electron chi connectivity index (χ3n) is 2.24. The number of rotatable bonds is 4. The topological polar surface area (TPSA) is 24.1 Å². The van der Waals surface area contributed by atoms with Crippen LogP contribution in [0.25, 0.3) is 0 Å². The maximum absolute atomic E-state index is 12.8. The molecule has 0 aromatic heterocycles. The largest absolute Gasteiger partial charge is 0.383 e. The normalized spacial score (nSPS) is 11.4. The SMILES string of the molecule is CNC(C)(C)CNc1cccc(F)c1. The number of anilines is 1. The Morgan fingerprint density at radius 3 is 2.64 bits per heavy atom. The first-order chi connectivity index (χ1) is 6.53. The van der Waals surface area contributed by atoms with Gasteiger partial charge in [-0.3, -0.25) is 0 Å². The van der Waals surface area contributed by atoms with Gasteiger partial charge in [-0.05, 0) is 39.1 Å². The van der Waals surface area contributed by atoms with Gasteiger partial charge in [-0.2, -0.15) is 0 Å². The van der Waals surface area contributed by atoms with Crippen molar-refractivity contribution in [3.05, 3.63) is 30.1 Å². The monoisotopic (exact) mass is 196 g/mol. The van der Waals surface area contributed by atoms with Crippen LogP contribution in [0, 0.1) is 5.82 Å². The highest BCUT2D eigenvalue weighted by Gasteiger charge is 2.13. The Kier molecular flexibility index (Phi) is 3.47. The van der Waals surface area contributed by atoms with Gasteiger partial charge in [0, 0.05) is 17.8 Å². The molecule has 0 heterocycles.